The third-order valence-electron chi connectivity index (χ3n) is 3.11. The number of aryl methyl sites for hydroxylation is 2. The second kappa shape index (κ2) is 3.56. The Morgan fingerprint density at radius 3 is 2.53 bits per heavy atom. The molecule has 0 saturated heterocycles. The summed E-state index contributed by atoms with van der Waals surface area (Å²) in [5.74, 6) is -0.938. The normalized spacial score (nSPS) is 17.9. The summed E-state index contributed by atoms with van der Waals surface area (Å²) in [5, 5.41) is 0. The molecule has 2 rings (SSSR count). The van der Waals surface area contributed by atoms with Gasteiger partial charge in [0.25, 0.3) is 0 Å². The number of hydrogen-bond donors (Lipinski definition) is 1. The van der Waals surface area contributed by atoms with E-state index in [0.29, 0.717) is 17.5 Å². The highest BCUT2D eigenvalue weighted by atomic mass is 19.1. The van der Waals surface area contributed by atoms with Gasteiger partial charge in [-0.05, 0) is 43.7 Å². The van der Waals surface area contributed by atoms with Crippen molar-refractivity contribution in [2.24, 2.45) is 5.73 Å². The summed E-state index contributed by atoms with van der Waals surface area (Å²) in [6.07, 6.45) is 3.43. The average molecular weight is 211 g/mol. The van der Waals surface area contributed by atoms with Crippen molar-refractivity contribution in [1.29, 1.82) is 0 Å². The fraction of sp³-hybridized carbons (Fsp3) is 0.500. The summed E-state index contributed by atoms with van der Waals surface area (Å²) in [7, 11) is 0. The van der Waals surface area contributed by atoms with Crippen molar-refractivity contribution in [2.75, 3.05) is 0 Å². The molecule has 15 heavy (non-hydrogen) atoms. The van der Waals surface area contributed by atoms with E-state index in [-0.39, 0.29) is 5.54 Å². The van der Waals surface area contributed by atoms with Gasteiger partial charge in [-0.25, -0.2) is 8.78 Å². The van der Waals surface area contributed by atoms with Gasteiger partial charge in [0.15, 0.2) is 0 Å². The zero-order chi connectivity index (χ0) is 11.1. The van der Waals surface area contributed by atoms with Crippen LogP contribution < -0.4 is 5.73 Å². The second-order valence-corrected chi connectivity index (χ2v) is 4.56. The third-order valence-corrected chi connectivity index (χ3v) is 3.11. The molecule has 0 aliphatic heterocycles. The van der Waals surface area contributed by atoms with Crippen LogP contribution in [0.4, 0.5) is 8.78 Å². The van der Waals surface area contributed by atoms with Crippen molar-refractivity contribution in [3.05, 3.63) is 34.9 Å². The quantitative estimate of drug-likeness (QED) is 0.817. The van der Waals surface area contributed by atoms with E-state index in [1.807, 2.05) is 0 Å². The van der Waals surface area contributed by atoms with E-state index in [9.17, 15) is 8.78 Å². The maximum Gasteiger partial charge on any atom is 0.129 e. The highest BCUT2D eigenvalue weighted by molar-refractivity contribution is 5.26. The van der Waals surface area contributed by atoms with Crippen molar-refractivity contribution >= 4 is 0 Å². The van der Waals surface area contributed by atoms with Crippen LogP contribution in [0.2, 0.25) is 0 Å². The Labute approximate surface area is 88.3 Å². The summed E-state index contributed by atoms with van der Waals surface area (Å²) in [5.41, 5.74) is 6.91. The Kier molecular flexibility index (Phi) is 2.51. The van der Waals surface area contributed by atoms with Crippen LogP contribution in [0.5, 0.6) is 0 Å². The van der Waals surface area contributed by atoms with E-state index >= 15 is 0 Å². The van der Waals surface area contributed by atoms with E-state index in [4.69, 9.17) is 5.73 Å². The van der Waals surface area contributed by atoms with Crippen LogP contribution in [0.3, 0.4) is 0 Å². The molecule has 1 fully saturated rings. The van der Waals surface area contributed by atoms with Crippen molar-refractivity contribution in [2.45, 2.75) is 38.1 Å². The lowest BCUT2D eigenvalue weighted by Gasteiger charge is -2.09. The molecule has 1 aliphatic rings. The standard InChI is InChI=1S/C12H15F2N/c1-8-6-9(11(14)7-10(8)13)2-3-12(15)4-5-12/h6-7H,2-5,15H2,1H3. The number of nitrogens with two attached hydrogens (primary N) is 1. The zero-order valence-corrected chi connectivity index (χ0v) is 8.82. The number of benzene rings is 1. The summed E-state index contributed by atoms with van der Waals surface area (Å²) in [6, 6.07) is 2.54. The minimum Gasteiger partial charge on any atom is -0.325 e. The van der Waals surface area contributed by atoms with Gasteiger partial charge < -0.3 is 5.73 Å². The third kappa shape index (κ3) is 2.34. The molecule has 0 aromatic heterocycles. The van der Waals surface area contributed by atoms with Crippen molar-refractivity contribution in [3.8, 4) is 0 Å². The van der Waals surface area contributed by atoms with Crippen LogP contribution in [0.15, 0.2) is 12.1 Å². The van der Waals surface area contributed by atoms with Crippen LogP contribution in [0.1, 0.15) is 30.4 Å². The lowest BCUT2D eigenvalue weighted by atomic mass is 10.0. The summed E-state index contributed by atoms with van der Waals surface area (Å²) >= 11 is 0. The topological polar surface area (TPSA) is 26.0 Å². The van der Waals surface area contributed by atoms with Crippen molar-refractivity contribution in [1.82, 2.24) is 0 Å². The average Bonchev–Trinajstić information content (AvgIpc) is 2.89. The number of halogens is 2. The first-order chi connectivity index (χ1) is 7.00. The Balaban J connectivity index is 2.10. The molecule has 0 amide bonds. The Hall–Kier alpha value is -0.960. The summed E-state index contributed by atoms with van der Waals surface area (Å²) in [4.78, 5) is 0. The van der Waals surface area contributed by atoms with Crippen LogP contribution in [0.25, 0.3) is 0 Å². The molecule has 0 bridgehead atoms. The molecule has 0 spiro atoms. The molecular formula is C12H15F2N. The molecule has 1 nitrogen and oxygen atoms in total. The fourth-order valence-electron chi connectivity index (χ4n) is 1.70. The minimum atomic E-state index is -0.481. The SMILES string of the molecule is Cc1cc(CCC2(N)CC2)c(F)cc1F. The van der Waals surface area contributed by atoms with Crippen LogP contribution >= 0.6 is 0 Å². The lowest BCUT2D eigenvalue weighted by Crippen LogP contribution is -2.22. The second-order valence-electron chi connectivity index (χ2n) is 4.56. The molecule has 1 aliphatic carbocycles. The molecule has 0 radical (unpaired) electrons. The maximum atomic E-state index is 13.3. The monoisotopic (exact) mass is 211 g/mol. The van der Waals surface area contributed by atoms with Gasteiger partial charge in [-0.3, -0.25) is 0 Å². The first kappa shape index (κ1) is 10.6. The van der Waals surface area contributed by atoms with Crippen molar-refractivity contribution < 1.29 is 8.78 Å². The predicted molar refractivity (Wildman–Crippen MR) is 55.6 cm³/mol. The first-order valence-electron chi connectivity index (χ1n) is 5.24. The van der Waals surface area contributed by atoms with Gasteiger partial charge >= 0.3 is 0 Å². The molecule has 82 valence electrons. The minimum absolute atomic E-state index is 0.0747. The van der Waals surface area contributed by atoms with E-state index in [1.165, 1.54) is 0 Å². The van der Waals surface area contributed by atoms with E-state index in [0.717, 1.165) is 25.3 Å². The number of hydrogen-bond acceptors (Lipinski definition) is 1. The molecule has 2 N–H and O–H groups in total. The highest BCUT2D eigenvalue weighted by Crippen LogP contribution is 2.36. The van der Waals surface area contributed by atoms with Gasteiger partial charge in [0.05, 0.1) is 0 Å². The van der Waals surface area contributed by atoms with Gasteiger partial charge in [0.2, 0.25) is 0 Å². The molecule has 1 aromatic carbocycles. The molecule has 0 unspecified atom stereocenters. The smallest absolute Gasteiger partial charge is 0.129 e. The van der Waals surface area contributed by atoms with E-state index < -0.39 is 11.6 Å². The molecule has 0 heterocycles. The fourth-order valence-corrected chi connectivity index (χ4v) is 1.70. The molecular weight excluding hydrogens is 196 g/mol. The van der Waals surface area contributed by atoms with Gasteiger partial charge in [-0.15, -0.1) is 0 Å². The van der Waals surface area contributed by atoms with Gasteiger partial charge in [-0.1, -0.05) is 6.07 Å². The van der Waals surface area contributed by atoms with E-state index in [2.05, 4.69) is 0 Å². The van der Waals surface area contributed by atoms with Crippen LogP contribution in [0, 0.1) is 18.6 Å². The summed E-state index contributed by atoms with van der Waals surface area (Å²) in [6.45, 7) is 1.65. The first-order valence-corrected chi connectivity index (χ1v) is 5.24. The van der Waals surface area contributed by atoms with Crippen LogP contribution in [-0.4, -0.2) is 5.54 Å². The van der Waals surface area contributed by atoms with Crippen LogP contribution in [-0.2, 0) is 6.42 Å². The van der Waals surface area contributed by atoms with Gasteiger partial charge in [0, 0.05) is 11.6 Å². The highest BCUT2D eigenvalue weighted by Gasteiger charge is 2.37. The Morgan fingerprint density at radius 1 is 1.27 bits per heavy atom. The maximum absolute atomic E-state index is 13.3. The van der Waals surface area contributed by atoms with Gasteiger partial charge in [0.1, 0.15) is 11.6 Å². The largest absolute Gasteiger partial charge is 0.325 e. The molecule has 0 atom stereocenters. The lowest BCUT2D eigenvalue weighted by molar-refractivity contribution is 0.549. The Morgan fingerprint density at radius 2 is 1.93 bits per heavy atom. The summed E-state index contributed by atoms with van der Waals surface area (Å²) < 4.78 is 26.3. The van der Waals surface area contributed by atoms with Crippen molar-refractivity contribution in [3.63, 3.8) is 0 Å². The predicted octanol–water partition coefficient (Wildman–Crippen LogP) is 2.70. The molecule has 1 saturated carbocycles. The number of rotatable bonds is 3. The molecule has 1 aromatic rings. The van der Waals surface area contributed by atoms with Gasteiger partial charge in [-0.2, -0.15) is 0 Å². The molecule has 3 heteroatoms. The van der Waals surface area contributed by atoms with E-state index in [1.54, 1.807) is 13.0 Å². The Bertz CT molecular complexity index is 383. The zero-order valence-electron chi connectivity index (χ0n) is 8.82.